The van der Waals surface area contributed by atoms with Crippen molar-refractivity contribution in [3.8, 4) is 45.5 Å². The first-order valence-corrected chi connectivity index (χ1v) is 24.8. The van der Waals surface area contributed by atoms with Crippen LogP contribution < -0.4 is 28.7 Å². The summed E-state index contributed by atoms with van der Waals surface area (Å²) in [7, 11) is -1.42. The number of thiazole rings is 2. The van der Waals surface area contributed by atoms with Gasteiger partial charge in [0, 0.05) is 91.4 Å². The summed E-state index contributed by atoms with van der Waals surface area (Å²) in [5.74, 6) is 0.747. The van der Waals surface area contributed by atoms with Crippen LogP contribution in [0.1, 0.15) is 0 Å². The number of ether oxygens (including phenoxy) is 4. The van der Waals surface area contributed by atoms with Gasteiger partial charge in [-0.05, 0) is 54.6 Å². The molecule has 2 aromatic heterocycles. The van der Waals surface area contributed by atoms with E-state index in [1.54, 1.807) is 24.3 Å². The summed E-state index contributed by atoms with van der Waals surface area (Å²) < 4.78 is 104. The van der Waals surface area contributed by atoms with E-state index in [-0.39, 0.29) is 14.8 Å². The highest BCUT2D eigenvalue weighted by atomic mass is 35.5. The molecule has 2 fully saturated rings. The number of halogens is 4. The van der Waals surface area contributed by atoms with Crippen molar-refractivity contribution < 1.29 is 44.6 Å². The van der Waals surface area contributed by atoms with E-state index in [2.05, 4.69) is 9.97 Å². The zero-order valence-electron chi connectivity index (χ0n) is 34.8. The first-order chi connectivity index (χ1) is 30.6. The molecule has 0 aliphatic carbocycles. The number of aromatic nitrogens is 2. The van der Waals surface area contributed by atoms with Gasteiger partial charge < -0.3 is 28.7 Å². The first kappa shape index (κ1) is 47.2. The van der Waals surface area contributed by atoms with Gasteiger partial charge in [-0.1, -0.05) is 29.3 Å². The Morgan fingerprint density at radius 1 is 0.547 bits per heavy atom. The van der Waals surface area contributed by atoms with Gasteiger partial charge in [0.1, 0.15) is 11.6 Å². The Morgan fingerprint density at radius 3 is 1.42 bits per heavy atom. The van der Waals surface area contributed by atoms with Crippen LogP contribution in [-0.2, 0) is 20.0 Å². The number of nitrogens with zero attached hydrogens (tertiary/aromatic N) is 6. The van der Waals surface area contributed by atoms with Crippen LogP contribution in [0, 0.1) is 11.6 Å². The third kappa shape index (κ3) is 10.3. The Labute approximate surface area is 388 Å². The van der Waals surface area contributed by atoms with Crippen LogP contribution in [0.5, 0.6) is 23.0 Å². The average Bonchev–Trinajstić information content (AvgIpc) is 4.01. The molecule has 0 amide bonds. The molecule has 6 aromatic rings. The lowest BCUT2D eigenvalue weighted by atomic mass is 10.2. The molecule has 0 radical (unpaired) electrons. The third-order valence-corrected chi connectivity index (χ3v) is 16.5. The van der Waals surface area contributed by atoms with Crippen molar-refractivity contribution in [3.63, 3.8) is 0 Å². The second-order valence-corrected chi connectivity index (χ2v) is 20.5. The SMILES string of the molecule is COc1ccc(S(=O)(=O)N2CCN(c3nc(-c4cc(F)cc(Cl)c4)cs3)CC2)cc1OC.COc1ccc(S(=O)(=O)N2CCN(c3nc(-c4ccc(Cl)c(F)c4)cs3)CC2)cc1OC. The van der Waals surface area contributed by atoms with E-state index in [9.17, 15) is 25.6 Å². The topological polar surface area (TPSA) is 144 Å². The minimum atomic E-state index is -3.67. The molecule has 14 nitrogen and oxygen atoms in total. The van der Waals surface area contributed by atoms with Crippen molar-refractivity contribution in [1.29, 1.82) is 0 Å². The summed E-state index contributed by atoms with van der Waals surface area (Å²) in [6, 6.07) is 18.0. The molecule has 0 unspecified atom stereocenters. The lowest BCUT2D eigenvalue weighted by Gasteiger charge is -2.33. The molecule has 0 N–H and O–H groups in total. The number of hydrogen-bond acceptors (Lipinski definition) is 14. The molecule has 2 aliphatic heterocycles. The third-order valence-electron chi connectivity index (χ3n) is 10.4. The number of benzene rings is 4. The molecule has 4 aromatic carbocycles. The first-order valence-electron chi connectivity index (χ1n) is 19.4. The highest BCUT2D eigenvalue weighted by molar-refractivity contribution is 7.89. The van der Waals surface area contributed by atoms with Gasteiger partial charge in [0.2, 0.25) is 20.0 Å². The number of sulfonamides is 2. The summed E-state index contributed by atoms with van der Waals surface area (Å²) in [4.78, 5) is 13.6. The molecular weight excluding hydrogens is 954 g/mol. The fourth-order valence-electron chi connectivity index (χ4n) is 6.93. The Morgan fingerprint density at radius 2 is 1.00 bits per heavy atom. The van der Waals surface area contributed by atoms with Gasteiger partial charge in [0.05, 0.1) is 54.6 Å². The van der Waals surface area contributed by atoms with Crippen LogP contribution in [0.2, 0.25) is 10.0 Å². The van der Waals surface area contributed by atoms with Crippen molar-refractivity contribution in [2.45, 2.75) is 9.79 Å². The largest absolute Gasteiger partial charge is 0.493 e. The molecule has 340 valence electrons. The second-order valence-electron chi connectivity index (χ2n) is 14.1. The van der Waals surface area contributed by atoms with E-state index in [0.29, 0.717) is 103 Å². The molecule has 0 atom stereocenters. The average molecular weight is 996 g/mol. The highest BCUT2D eigenvalue weighted by Crippen LogP contribution is 2.35. The lowest BCUT2D eigenvalue weighted by Crippen LogP contribution is -2.48. The monoisotopic (exact) mass is 994 g/mol. The molecular formula is C42H42Cl2F2N6O8S4. The number of rotatable bonds is 12. The molecule has 8 rings (SSSR count). The smallest absolute Gasteiger partial charge is 0.243 e. The highest BCUT2D eigenvalue weighted by Gasteiger charge is 2.32. The van der Waals surface area contributed by atoms with Gasteiger partial charge in [-0.3, -0.25) is 0 Å². The Kier molecular flexibility index (Phi) is 14.9. The Balaban J connectivity index is 0.000000191. The predicted molar refractivity (Wildman–Crippen MR) is 246 cm³/mol. The van der Waals surface area contributed by atoms with Crippen LogP contribution in [0.25, 0.3) is 22.5 Å². The van der Waals surface area contributed by atoms with Gasteiger partial charge >= 0.3 is 0 Å². The van der Waals surface area contributed by atoms with Crippen LogP contribution in [0.3, 0.4) is 0 Å². The maximum Gasteiger partial charge on any atom is 0.243 e. The van der Waals surface area contributed by atoms with E-state index >= 15 is 0 Å². The van der Waals surface area contributed by atoms with Gasteiger partial charge in [-0.25, -0.2) is 35.6 Å². The molecule has 4 heterocycles. The van der Waals surface area contributed by atoms with Crippen molar-refractivity contribution in [2.75, 3.05) is 90.6 Å². The minimum Gasteiger partial charge on any atom is -0.493 e. The van der Waals surface area contributed by atoms with Gasteiger partial charge in [-0.15, -0.1) is 22.7 Å². The summed E-state index contributed by atoms with van der Waals surface area (Å²) in [6.07, 6.45) is 0. The number of hydrogen-bond donors (Lipinski definition) is 0. The molecule has 0 saturated carbocycles. The Hall–Kier alpha value is -4.80. The Bertz CT molecular complexity index is 2820. The zero-order chi connectivity index (χ0) is 45.8. The maximum atomic E-state index is 13.8. The van der Waals surface area contributed by atoms with Gasteiger partial charge in [0.15, 0.2) is 33.3 Å². The standard InChI is InChI=1S/2C21H21ClFN3O4S2/c1-29-19-6-4-15(12-20(19)30-2)32(27,28)26-9-7-25(8-10-26)21-24-18(13-31-21)14-3-5-16(22)17(23)11-14;1-29-19-4-3-17(12-20(19)30-2)32(27,28)26-7-5-25(6-8-26)21-24-18(13-31-21)14-9-15(22)11-16(23)10-14/h3-6,11-13H,7-10H2,1-2H3;3-4,9-13H,5-8H2,1-2H3. The molecule has 2 saturated heterocycles. The van der Waals surface area contributed by atoms with Crippen molar-refractivity contribution in [1.82, 2.24) is 18.6 Å². The summed E-state index contributed by atoms with van der Waals surface area (Å²) in [6.45, 7) is 3.24. The quantitative estimate of drug-likeness (QED) is 0.116. The van der Waals surface area contributed by atoms with E-state index in [4.69, 9.17) is 42.1 Å². The van der Waals surface area contributed by atoms with Crippen LogP contribution in [0.4, 0.5) is 19.0 Å². The van der Waals surface area contributed by atoms with Crippen molar-refractivity contribution in [3.05, 3.63) is 105 Å². The van der Waals surface area contributed by atoms with Gasteiger partial charge in [-0.2, -0.15) is 8.61 Å². The second kappa shape index (κ2) is 20.2. The molecule has 0 spiro atoms. The molecule has 22 heteroatoms. The van der Waals surface area contributed by atoms with Crippen LogP contribution in [0.15, 0.2) is 93.3 Å². The number of anilines is 2. The summed E-state index contributed by atoms with van der Waals surface area (Å²) in [5, 5.41) is 5.58. The van der Waals surface area contributed by atoms with Crippen molar-refractivity contribution >= 4 is 76.2 Å². The number of piperazine rings is 2. The van der Waals surface area contributed by atoms with E-state index in [0.717, 1.165) is 10.3 Å². The van der Waals surface area contributed by atoms with Gasteiger partial charge in [0.25, 0.3) is 0 Å². The number of methoxy groups -OCH3 is 4. The lowest BCUT2D eigenvalue weighted by molar-refractivity contribution is 0.353. The fourth-order valence-corrected chi connectivity index (χ4v) is 11.9. The van der Waals surface area contributed by atoms with E-state index in [1.807, 2.05) is 20.6 Å². The fraction of sp³-hybridized carbons (Fsp3) is 0.286. The maximum absolute atomic E-state index is 13.8. The van der Waals surface area contributed by atoms with Crippen LogP contribution >= 0.6 is 45.9 Å². The van der Waals surface area contributed by atoms with E-state index in [1.165, 1.54) is 108 Å². The molecule has 0 bridgehead atoms. The minimum absolute atomic E-state index is 0.0658. The zero-order valence-corrected chi connectivity index (χ0v) is 39.6. The predicted octanol–water partition coefficient (Wildman–Crippen LogP) is 8.26. The summed E-state index contributed by atoms with van der Waals surface area (Å²) >= 11 is 14.6. The molecule has 64 heavy (non-hydrogen) atoms. The summed E-state index contributed by atoms with van der Waals surface area (Å²) in [5.41, 5.74) is 2.53. The molecule has 2 aliphatic rings. The van der Waals surface area contributed by atoms with Crippen LogP contribution in [-0.4, -0.2) is 116 Å². The van der Waals surface area contributed by atoms with Crippen molar-refractivity contribution in [2.24, 2.45) is 0 Å². The van der Waals surface area contributed by atoms with E-state index < -0.39 is 31.7 Å². The normalized spacial score (nSPS) is 15.1.